The average Bonchev–Trinajstić information content (AvgIpc) is 2.04. The number of hydrogen-bond donors (Lipinski definition) is 1. The standard InChI is InChI=1S/C8H11N3/c1-7-3-4-9-5-8(2)11-6-10-7/h3-6,8H,1H2,2H3,(H,10,11)/b4-3-,9-5?. The second kappa shape index (κ2) is 3.71. The molecular weight excluding hydrogens is 138 g/mol. The number of allylic oxidation sites excluding steroid dienone is 1. The van der Waals surface area contributed by atoms with Gasteiger partial charge in [0, 0.05) is 18.1 Å². The van der Waals surface area contributed by atoms with Gasteiger partial charge in [-0.15, -0.1) is 0 Å². The van der Waals surface area contributed by atoms with Gasteiger partial charge in [0.2, 0.25) is 0 Å². The van der Waals surface area contributed by atoms with E-state index in [1.54, 1.807) is 24.8 Å². The Morgan fingerprint density at radius 3 is 3.27 bits per heavy atom. The third kappa shape index (κ3) is 2.80. The van der Waals surface area contributed by atoms with E-state index in [0.717, 1.165) is 5.70 Å². The van der Waals surface area contributed by atoms with E-state index in [-0.39, 0.29) is 6.04 Å². The van der Waals surface area contributed by atoms with Crippen molar-refractivity contribution in [2.24, 2.45) is 9.98 Å². The minimum Gasteiger partial charge on any atom is -0.347 e. The lowest BCUT2D eigenvalue weighted by Gasteiger charge is -1.96. The SMILES string of the molecule is C=C1/C=C\N=CC(C)N=CN1. The van der Waals surface area contributed by atoms with Gasteiger partial charge >= 0.3 is 0 Å². The summed E-state index contributed by atoms with van der Waals surface area (Å²) < 4.78 is 0. The maximum absolute atomic E-state index is 4.11. The van der Waals surface area contributed by atoms with Crippen LogP contribution in [0.15, 0.2) is 34.5 Å². The van der Waals surface area contributed by atoms with Crippen molar-refractivity contribution in [2.45, 2.75) is 13.0 Å². The third-order valence-corrected chi connectivity index (χ3v) is 1.22. The fourth-order valence-corrected chi connectivity index (χ4v) is 0.632. The van der Waals surface area contributed by atoms with Gasteiger partial charge in [-0.1, -0.05) is 6.58 Å². The number of nitrogens with zero attached hydrogens (tertiary/aromatic N) is 2. The predicted molar refractivity (Wildman–Crippen MR) is 47.9 cm³/mol. The molecule has 3 nitrogen and oxygen atoms in total. The minimum atomic E-state index is 0.123. The van der Waals surface area contributed by atoms with Crippen LogP contribution in [0.25, 0.3) is 0 Å². The van der Waals surface area contributed by atoms with Crippen LogP contribution in [0.5, 0.6) is 0 Å². The van der Waals surface area contributed by atoms with Gasteiger partial charge in [0.05, 0.1) is 12.4 Å². The summed E-state index contributed by atoms with van der Waals surface area (Å²) in [6.45, 7) is 5.68. The molecule has 0 aromatic heterocycles. The molecule has 1 unspecified atom stereocenters. The Hall–Kier alpha value is -1.38. The number of nitrogens with one attached hydrogen (secondary N) is 1. The van der Waals surface area contributed by atoms with Gasteiger partial charge in [0.25, 0.3) is 0 Å². The smallest absolute Gasteiger partial charge is 0.0875 e. The van der Waals surface area contributed by atoms with Gasteiger partial charge in [0.15, 0.2) is 0 Å². The summed E-state index contributed by atoms with van der Waals surface area (Å²) in [5.41, 5.74) is 0.792. The monoisotopic (exact) mass is 149 g/mol. The largest absolute Gasteiger partial charge is 0.347 e. The van der Waals surface area contributed by atoms with Crippen molar-refractivity contribution in [3.63, 3.8) is 0 Å². The van der Waals surface area contributed by atoms with E-state index in [2.05, 4.69) is 21.9 Å². The quantitative estimate of drug-likeness (QED) is 0.550. The Balaban J connectivity index is 2.70. The Labute approximate surface area is 66.2 Å². The zero-order valence-corrected chi connectivity index (χ0v) is 6.49. The van der Waals surface area contributed by atoms with Crippen LogP contribution in [-0.2, 0) is 0 Å². The van der Waals surface area contributed by atoms with Crippen LogP contribution < -0.4 is 5.32 Å². The Bertz CT molecular complexity index is 225. The van der Waals surface area contributed by atoms with Crippen molar-refractivity contribution in [2.75, 3.05) is 0 Å². The highest BCUT2D eigenvalue weighted by Gasteiger charge is 1.91. The fourth-order valence-electron chi connectivity index (χ4n) is 0.632. The Morgan fingerprint density at radius 1 is 1.64 bits per heavy atom. The molecule has 0 radical (unpaired) electrons. The summed E-state index contributed by atoms with van der Waals surface area (Å²) in [5.74, 6) is 0. The van der Waals surface area contributed by atoms with Gasteiger partial charge in [-0.2, -0.15) is 0 Å². The molecule has 0 aliphatic carbocycles. The Kier molecular flexibility index (Phi) is 2.60. The molecule has 58 valence electrons. The summed E-state index contributed by atoms with van der Waals surface area (Å²) in [6.07, 6.45) is 6.89. The van der Waals surface area contributed by atoms with Crippen LogP contribution in [0.3, 0.4) is 0 Å². The van der Waals surface area contributed by atoms with E-state index in [1.165, 1.54) is 0 Å². The van der Waals surface area contributed by atoms with E-state index < -0.39 is 0 Å². The highest BCUT2D eigenvalue weighted by atomic mass is 15.0. The molecule has 0 amide bonds. The molecule has 0 aromatic carbocycles. The first kappa shape index (κ1) is 7.72. The van der Waals surface area contributed by atoms with E-state index in [0.29, 0.717) is 0 Å². The predicted octanol–water partition coefficient (Wildman–Crippen LogP) is 1.10. The van der Waals surface area contributed by atoms with Gasteiger partial charge in [-0.25, -0.2) is 0 Å². The maximum atomic E-state index is 4.11. The lowest BCUT2D eigenvalue weighted by atomic mass is 10.4. The summed E-state index contributed by atoms with van der Waals surface area (Å²) >= 11 is 0. The van der Waals surface area contributed by atoms with Crippen LogP contribution in [-0.4, -0.2) is 18.6 Å². The first-order valence-electron chi connectivity index (χ1n) is 3.46. The van der Waals surface area contributed by atoms with E-state index >= 15 is 0 Å². The molecule has 0 bridgehead atoms. The fraction of sp³-hybridized carbons (Fsp3) is 0.250. The van der Waals surface area contributed by atoms with Crippen molar-refractivity contribution in [1.29, 1.82) is 0 Å². The van der Waals surface area contributed by atoms with Crippen molar-refractivity contribution in [3.8, 4) is 0 Å². The molecular formula is C8H11N3. The summed E-state index contributed by atoms with van der Waals surface area (Å²) in [5, 5.41) is 2.90. The zero-order valence-electron chi connectivity index (χ0n) is 6.49. The molecule has 0 fully saturated rings. The first-order valence-corrected chi connectivity index (χ1v) is 3.46. The lowest BCUT2D eigenvalue weighted by molar-refractivity contribution is 0.989. The van der Waals surface area contributed by atoms with Crippen LogP contribution in [0.4, 0.5) is 0 Å². The molecule has 1 aliphatic rings. The van der Waals surface area contributed by atoms with Crippen LogP contribution in [0.2, 0.25) is 0 Å². The topological polar surface area (TPSA) is 36.8 Å². The number of rotatable bonds is 0. The van der Waals surface area contributed by atoms with Crippen molar-refractivity contribution in [3.05, 3.63) is 24.6 Å². The van der Waals surface area contributed by atoms with Crippen LogP contribution in [0, 0.1) is 0 Å². The van der Waals surface area contributed by atoms with Crippen LogP contribution >= 0.6 is 0 Å². The van der Waals surface area contributed by atoms with Gasteiger partial charge < -0.3 is 5.32 Å². The zero-order chi connectivity index (χ0) is 8.10. The molecule has 11 heavy (non-hydrogen) atoms. The second-order valence-corrected chi connectivity index (χ2v) is 2.30. The first-order chi connectivity index (χ1) is 5.29. The van der Waals surface area contributed by atoms with Crippen molar-refractivity contribution < 1.29 is 0 Å². The number of aliphatic imine (C=N–C) groups is 2. The average molecular weight is 149 g/mol. The number of hydrogen-bond acceptors (Lipinski definition) is 3. The molecule has 0 aromatic rings. The molecule has 1 N–H and O–H groups in total. The highest BCUT2D eigenvalue weighted by Crippen LogP contribution is 1.91. The minimum absolute atomic E-state index is 0.123. The molecule has 1 rings (SSSR count). The van der Waals surface area contributed by atoms with E-state index in [4.69, 9.17) is 0 Å². The van der Waals surface area contributed by atoms with Gasteiger partial charge in [-0.05, 0) is 13.0 Å². The molecule has 0 saturated carbocycles. The second-order valence-electron chi connectivity index (χ2n) is 2.30. The summed E-state index contributed by atoms with van der Waals surface area (Å²) in [7, 11) is 0. The van der Waals surface area contributed by atoms with Crippen molar-refractivity contribution >= 4 is 12.6 Å². The summed E-state index contributed by atoms with van der Waals surface area (Å²) in [4.78, 5) is 8.11. The maximum Gasteiger partial charge on any atom is 0.0875 e. The lowest BCUT2D eigenvalue weighted by Crippen LogP contribution is -2.09. The summed E-state index contributed by atoms with van der Waals surface area (Å²) in [6, 6.07) is 0.123. The van der Waals surface area contributed by atoms with E-state index in [9.17, 15) is 0 Å². The molecule has 1 atom stereocenters. The highest BCUT2D eigenvalue weighted by molar-refractivity contribution is 5.69. The van der Waals surface area contributed by atoms with Gasteiger partial charge in [-0.3, -0.25) is 9.98 Å². The Morgan fingerprint density at radius 2 is 2.45 bits per heavy atom. The van der Waals surface area contributed by atoms with Crippen molar-refractivity contribution in [1.82, 2.24) is 5.32 Å². The molecule has 1 aliphatic heterocycles. The van der Waals surface area contributed by atoms with Crippen LogP contribution in [0.1, 0.15) is 6.92 Å². The third-order valence-electron chi connectivity index (χ3n) is 1.22. The van der Waals surface area contributed by atoms with E-state index in [1.807, 2.05) is 6.92 Å². The molecule has 1 heterocycles. The molecule has 0 saturated heterocycles. The molecule has 0 spiro atoms. The van der Waals surface area contributed by atoms with Gasteiger partial charge in [0.1, 0.15) is 0 Å². The normalized spacial score (nSPS) is 26.6. The molecule has 3 heteroatoms.